The fourth-order valence-electron chi connectivity index (χ4n) is 1.78. The summed E-state index contributed by atoms with van der Waals surface area (Å²) in [4.78, 5) is 23.3. The molecular weight excluding hydrogens is 244 g/mol. The molecule has 0 atom stereocenters. The number of carbonyl (C=O) groups excluding carboxylic acids is 2. The lowest BCUT2D eigenvalue weighted by atomic mass is 10.0. The number of carbonyl (C=O) groups is 2. The lowest BCUT2D eigenvalue weighted by Crippen LogP contribution is -2.18. The van der Waals surface area contributed by atoms with E-state index in [0.717, 1.165) is 5.56 Å². The van der Waals surface area contributed by atoms with Crippen molar-refractivity contribution < 1.29 is 18.7 Å². The highest BCUT2D eigenvalue weighted by molar-refractivity contribution is 6.40. The normalized spacial score (nSPS) is 10.2. The summed E-state index contributed by atoms with van der Waals surface area (Å²) in [6.45, 7) is 1.82. The molecule has 0 aliphatic rings. The minimum atomic E-state index is -0.883. The molecule has 0 saturated carbocycles. The van der Waals surface area contributed by atoms with Crippen molar-refractivity contribution in [3.8, 4) is 0 Å². The van der Waals surface area contributed by atoms with Gasteiger partial charge in [0.15, 0.2) is 5.76 Å². The fraction of sp³-hybridized carbons (Fsp3) is 0.200. The number of Topliss-reactive ketones (excluding diaryl/α,β-unsaturated/α-hetero) is 1. The molecule has 19 heavy (non-hydrogen) atoms. The zero-order valence-corrected chi connectivity index (χ0v) is 10.6. The molecular formula is C15H14O4. The first-order valence-electron chi connectivity index (χ1n) is 6.04. The van der Waals surface area contributed by atoms with Gasteiger partial charge in [-0.15, -0.1) is 0 Å². The van der Waals surface area contributed by atoms with Gasteiger partial charge >= 0.3 is 11.8 Å². The molecule has 1 aromatic carbocycles. The Hall–Kier alpha value is -2.36. The molecule has 0 N–H and O–H groups in total. The lowest BCUT2D eigenvalue weighted by molar-refractivity contribution is -0.137. The van der Waals surface area contributed by atoms with Crippen LogP contribution in [0.25, 0.3) is 0 Å². The monoisotopic (exact) mass is 258 g/mol. The molecule has 0 saturated heterocycles. The molecule has 1 heterocycles. The Bertz CT molecular complexity index is 569. The number of ether oxygens (including phenoxy) is 1. The number of ketones is 1. The summed E-state index contributed by atoms with van der Waals surface area (Å²) in [5, 5.41) is 0. The van der Waals surface area contributed by atoms with Gasteiger partial charge in [-0.3, -0.25) is 4.79 Å². The topological polar surface area (TPSA) is 56.5 Å². The maximum Gasteiger partial charge on any atom is 0.383 e. The average molecular weight is 258 g/mol. The molecule has 0 amide bonds. The van der Waals surface area contributed by atoms with E-state index < -0.39 is 11.8 Å². The van der Waals surface area contributed by atoms with Gasteiger partial charge in [0, 0.05) is 12.0 Å². The van der Waals surface area contributed by atoms with Gasteiger partial charge in [-0.05, 0) is 18.6 Å². The van der Waals surface area contributed by atoms with Crippen LogP contribution in [0.4, 0.5) is 0 Å². The summed E-state index contributed by atoms with van der Waals surface area (Å²) in [6, 6.07) is 11.4. The van der Waals surface area contributed by atoms with Crippen LogP contribution in [0.5, 0.6) is 0 Å². The van der Waals surface area contributed by atoms with Crippen LogP contribution in [0.2, 0.25) is 0 Å². The van der Waals surface area contributed by atoms with Gasteiger partial charge in [-0.1, -0.05) is 30.3 Å². The van der Waals surface area contributed by atoms with Gasteiger partial charge in [-0.2, -0.15) is 0 Å². The van der Waals surface area contributed by atoms with Crippen molar-refractivity contribution in [1.82, 2.24) is 0 Å². The fourth-order valence-corrected chi connectivity index (χ4v) is 1.78. The first kappa shape index (κ1) is 13.1. The van der Waals surface area contributed by atoms with Gasteiger partial charge in [-0.25, -0.2) is 4.79 Å². The summed E-state index contributed by atoms with van der Waals surface area (Å²) in [5.41, 5.74) is 1.73. The SMILES string of the molecule is CCOC(=O)C(=O)c1occc1Cc1ccccc1. The predicted molar refractivity (Wildman–Crippen MR) is 68.9 cm³/mol. The molecule has 4 nitrogen and oxygen atoms in total. The third-order valence-electron chi connectivity index (χ3n) is 2.65. The lowest BCUT2D eigenvalue weighted by Gasteiger charge is -2.02. The van der Waals surface area contributed by atoms with Crippen molar-refractivity contribution in [1.29, 1.82) is 0 Å². The highest BCUT2D eigenvalue weighted by atomic mass is 16.5. The number of hydrogen-bond donors (Lipinski definition) is 0. The van der Waals surface area contributed by atoms with E-state index in [1.807, 2.05) is 30.3 Å². The van der Waals surface area contributed by atoms with Crippen molar-refractivity contribution in [2.45, 2.75) is 13.3 Å². The molecule has 0 aliphatic heterocycles. The molecule has 0 fully saturated rings. The van der Waals surface area contributed by atoms with Crippen LogP contribution >= 0.6 is 0 Å². The minimum absolute atomic E-state index is 0.0577. The molecule has 0 radical (unpaired) electrons. The largest absolute Gasteiger partial charge is 0.460 e. The second-order valence-corrected chi connectivity index (χ2v) is 3.99. The zero-order valence-electron chi connectivity index (χ0n) is 10.6. The number of rotatable bonds is 5. The van der Waals surface area contributed by atoms with Gasteiger partial charge in [0.25, 0.3) is 0 Å². The van der Waals surface area contributed by atoms with E-state index in [0.29, 0.717) is 12.0 Å². The molecule has 0 aliphatic carbocycles. The van der Waals surface area contributed by atoms with Crippen LogP contribution in [0.3, 0.4) is 0 Å². The highest BCUT2D eigenvalue weighted by Crippen LogP contribution is 2.16. The number of benzene rings is 1. The highest BCUT2D eigenvalue weighted by Gasteiger charge is 2.24. The number of furan rings is 1. The summed E-state index contributed by atoms with van der Waals surface area (Å²) >= 11 is 0. The average Bonchev–Trinajstić information content (AvgIpc) is 2.87. The van der Waals surface area contributed by atoms with E-state index in [1.165, 1.54) is 6.26 Å². The van der Waals surface area contributed by atoms with Crippen molar-refractivity contribution in [3.63, 3.8) is 0 Å². The van der Waals surface area contributed by atoms with Crippen molar-refractivity contribution in [2.24, 2.45) is 0 Å². The standard InChI is InChI=1S/C15H14O4/c1-2-18-15(17)13(16)14-12(8-9-19-14)10-11-6-4-3-5-7-11/h3-9H,2,10H2,1H3. The number of hydrogen-bond acceptors (Lipinski definition) is 4. The molecule has 2 aromatic rings. The van der Waals surface area contributed by atoms with E-state index >= 15 is 0 Å². The van der Waals surface area contributed by atoms with E-state index in [2.05, 4.69) is 4.74 Å². The van der Waals surface area contributed by atoms with E-state index in [9.17, 15) is 9.59 Å². The Morgan fingerprint density at radius 3 is 2.58 bits per heavy atom. The molecule has 98 valence electrons. The summed E-state index contributed by atoms with van der Waals surface area (Å²) in [5.74, 6) is -1.56. The van der Waals surface area contributed by atoms with Crippen LogP contribution in [-0.2, 0) is 16.0 Å². The second-order valence-electron chi connectivity index (χ2n) is 3.99. The maximum absolute atomic E-state index is 11.8. The Kier molecular flexibility index (Phi) is 4.13. The van der Waals surface area contributed by atoms with E-state index in [-0.39, 0.29) is 12.4 Å². The maximum atomic E-state index is 11.8. The number of esters is 1. The summed E-state index contributed by atoms with van der Waals surface area (Å²) in [6.07, 6.45) is 1.95. The smallest absolute Gasteiger partial charge is 0.383 e. The van der Waals surface area contributed by atoms with Gasteiger partial charge in [0.1, 0.15) is 0 Å². The van der Waals surface area contributed by atoms with Gasteiger partial charge in [0.05, 0.1) is 12.9 Å². The Morgan fingerprint density at radius 2 is 1.89 bits per heavy atom. The summed E-state index contributed by atoms with van der Waals surface area (Å²) < 4.78 is 9.80. The van der Waals surface area contributed by atoms with Crippen LogP contribution in [0.1, 0.15) is 28.6 Å². The molecule has 4 heteroatoms. The molecule has 0 spiro atoms. The van der Waals surface area contributed by atoms with E-state index in [1.54, 1.807) is 13.0 Å². The van der Waals surface area contributed by atoms with Crippen molar-refractivity contribution in [3.05, 3.63) is 59.5 Å². The van der Waals surface area contributed by atoms with E-state index in [4.69, 9.17) is 4.42 Å². The van der Waals surface area contributed by atoms with Gasteiger partial charge < -0.3 is 9.15 Å². The molecule has 1 aromatic heterocycles. The third kappa shape index (κ3) is 3.10. The molecule has 0 bridgehead atoms. The quantitative estimate of drug-likeness (QED) is 0.470. The minimum Gasteiger partial charge on any atom is -0.460 e. The third-order valence-corrected chi connectivity index (χ3v) is 2.65. The summed E-state index contributed by atoms with van der Waals surface area (Å²) in [7, 11) is 0. The van der Waals surface area contributed by atoms with Crippen molar-refractivity contribution in [2.75, 3.05) is 6.61 Å². The zero-order chi connectivity index (χ0) is 13.7. The van der Waals surface area contributed by atoms with Crippen LogP contribution in [0.15, 0.2) is 47.1 Å². The van der Waals surface area contributed by atoms with Crippen LogP contribution in [-0.4, -0.2) is 18.4 Å². The Morgan fingerprint density at radius 1 is 1.16 bits per heavy atom. The van der Waals surface area contributed by atoms with Crippen LogP contribution in [0, 0.1) is 0 Å². The Balaban J connectivity index is 2.18. The van der Waals surface area contributed by atoms with Gasteiger partial charge in [0.2, 0.25) is 0 Å². The predicted octanol–water partition coefficient (Wildman–Crippen LogP) is 2.62. The van der Waals surface area contributed by atoms with Crippen molar-refractivity contribution >= 4 is 11.8 Å². The molecule has 2 rings (SSSR count). The second kappa shape index (κ2) is 6.00. The first-order valence-corrected chi connectivity index (χ1v) is 6.04. The first-order chi connectivity index (χ1) is 9.22. The molecule has 0 unspecified atom stereocenters. The Labute approximate surface area is 111 Å². The van der Waals surface area contributed by atoms with Crippen LogP contribution < -0.4 is 0 Å².